The van der Waals surface area contributed by atoms with Gasteiger partial charge in [0.05, 0.1) is 12.7 Å². The van der Waals surface area contributed by atoms with Crippen LogP contribution in [0.1, 0.15) is 17.0 Å². The van der Waals surface area contributed by atoms with Crippen LogP contribution in [0.4, 0.5) is 0 Å². The molecule has 1 amide bonds. The number of thioether (sulfide) groups is 1. The highest BCUT2D eigenvalue weighted by molar-refractivity contribution is 8.27. The summed E-state index contributed by atoms with van der Waals surface area (Å²) in [5, 5.41) is 15.5. The summed E-state index contributed by atoms with van der Waals surface area (Å²) in [4.78, 5) is 17.0. The van der Waals surface area contributed by atoms with Gasteiger partial charge in [0.2, 0.25) is 5.17 Å². The Kier molecular flexibility index (Phi) is 6.00. The number of carbonyl (C=O) groups excluding carboxylic acids is 1. The number of aromatic nitrogens is 1. The second-order valence-electron chi connectivity index (χ2n) is 7.98. The van der Waals surface area contributed by atoms with Gasteiger partial charge < -0.3 is 14.0 Å². The molecule has 2 aromatic carbocycles. The Labute approximate surface area is 207 Å². The fourth-order valence-electron chi connectivity index (χ4n) is 3.99. The molecule has 0 bridgehead atoms. The maximum atomic E-state index is 12.9. The largest absolute Gasteiger partial charge is 0.497 e. The Hall–Kier alpha value is -4.11. The van der Waals surface area contributed by atoms with Gasteiger partial charge in [0.15, 0.2) is 5.84 Å². The number of fused-ring (bicyclic) bond motifs is 1. The Bertz CT molecular complexity index is 1420. The lowest BCUT2D eigenvalue weighted by Gasteiger charge is -2.20. The van der Waals surface area contributed by atoms with Gasteiger partial charge in [-0.05, 0) is 67.6 Å². The molecule has 0 aliphatic carbocycles. The fourth-order valence-corrected chi connectivity index (χ4v) is 4.79. The van der Waals surface area contributed by atoms with Gasteiger partial charge >= 0.3 is 0 Å². The fraction of sp³-hybridized carbons (Fsp3) is 0.154. The van der Waals surface area contributed by atoms with E-state index in [-0.39, 0.29) is 18.0 Å². The molecule has 9 heteroatoms. The lowest BCUT2D eigenvalue weighted by molar-refractivity contribution is -0.114. The van der Waals surface area contributed by atoms with E-state index in [1.807, 2.05) is 74.5 Å². The zero-order valence-corrected chi connectivity index (χ0v) is 20.3. The van der Waals surface area contributed by atoms with Crippen molar-refractivity contribution < 1.29 is 14.3 Å². The van der Waals surface area contributed by atoms with Crippen LogP contribution in [-0.2, 0) is 4.79 Å². The van der Waals surface area contributed by atoms with Crippen molar-refractivity contribution in [1.82, 2.24) is 9.58 Å². The van der Waals surface area contributed by atoms with Gasteiger partial charge in [0, 0.05) is 23.1 Å². The first kappa shape index (κ1) is 22.7. The Morgan fingerprint density at radius 3 is 2.60 bits per heavy atom. The lowest BCUT2D eigenvalue weighted by atomic mass is 10.1. The molecule has 1 aromatic heterocycles. The molecular weight excluding hydrogens is 462 g/mol. The molecule has 0 saturated heterocycles. The zero-order valence-electron chi connectivity index (χ0n) is 19.5. The highest BCUT2D eigenvalue weighted by Crippen LogP contribution is 2.30. The van der Waals surface area contributed by atoms with Gasteiger partial charge in [-0.1, -0.05) is 24.3 Å². The highest BCUT2D eigenvalue weighted by atomic mass is 32.2. The summed E-state index contributed by atoms with van der Waals surface area (Å²) in [6.45, 7) is 4.21. The number of nitrogens with zero attached hydrogens (tertiary/aromatic N) is 4. The number of benzene rings is 2. The van der Waals surface area contributed by atoms with Crippen molar-refractivity contribution in [3.8, 4) is 17.2 Å². The minimum Gasteiger partial charge on any atom is -0.497 e. The Morgan fingerprint density at radius 1 is 1.06 bits per heavy atom. The van der Waals surface area contributed by atoms with Crippen molar-refractivity contribution in [1.29, 1.82) is 5.41 Å². The lowest BCUT2D eigenvalue weighted by Crippen LogP contribution is -2.35. The van der Waals surface area contributed by atoms with Gasteiger partial charge in [-0.25, -0.2) is 0 Å². The molecule has 0 saturated carbocycles. The average molecular weight is 486 g/mol. The predicted octanol–water partition coefficient (Wildman–Crippen LogP) is 4.80. The molecule has 8 nitrogen and oxygen atoms in total. The molecule has 3 aromatic rings. The number of ether oxygens (including phenoxy) is 2. The monoisotopic (exact) mass is 485 g/mol. The van der Waals surface area contributed by atoms with Crippen molar-refractivity contribution in [2.45, 2.75) is 13.8 Å². The molecule has 0 fully saturated rings. The molecule has 1 N–H and O–H groups in total. The molecule has 0 spiro atoms. The van der Waals surface area contributed by atoms with Crippen LogP contribution in [0.3, 0.4) is 0 Å². The molecule has 2 aliphatic heterocycles. The molecule has 176 valence electrons. The SMILES string of the molecule is COc1cccc(-n2c(C)cc(/C=C3\C(=N)N4N=C(COc5ccccc5)SC4=NC3=O)c2C)c1. The normalized spacial score (nSPS) is 16.3. The summed E-state index contributed by atoms with van der Waals surface area (Å²) in [6, 6.07) is 19.2. The quantitative estimate of drug-likeness (QED) is 0.507. The molecule has 3 heterocycles. The van der Waals surface area contributed by atoms with E-state index in [1.54, 1.807) is 13.2 Å². The minimum atomic E-state index is -0.458. The van der Waals surface area contributed by atoms with E-state index in [4.69, 9.17) is 14.9 Å². The number of hydrazone groups is 1. The number of para-hydroxylation sites is 1. The van der Waals surface area contributed by atoms with Crippen molar-refractivity contribution >= 4 is 39.8 Å². The number of aliphatic imine (C=N–C) groups is 1. The van der Waals surface area contributed by atoms with E-state index in [1.165, 1.54) is 16.8 Å². The van der Waals surface area contributed by atoms with Crippen molar-refractivity contribution in [3.05, 3.63) is 83.2 Å². The second kappa shape index (κ2) is 9.27. The zero-order chi connectivity index (χ0) is 24.5. The van der Waals surface area contributed by atoms with Crippen LogP contribution in [0.5, 0.6) is 11.5 Å². The Morgan fingerprint density at radius 2 is 1.83 bits per heavy atom. The number of aryl methyl sites for hydroxylation is 1. The smallest absolute Gasteiger partial charge is 0.283 e. The number of amides is 1. The maximum Gasteiger partial charge on any atom is 0.283 e. The third-order valence-electron chi connectivity index (χ3n) is 5.68. The molecule has 2 aliphatic rings. The van der Waals surface area contributed by atoms with Crippen LogP contribution in [0.2, 0.25) is 0 Å². The van der Waals surface area contributed by atoms with Gasteiger partial charge in [0.1, 0.15) is 23.1 Å². The summed E-state index contributed by atoms with van der Waals surface area (Å²) < 4.78 is 13.2. The van der Waals surface area contributed by atoms with Gasteiger partial charge in [-0.2, -0.15) is 15.1 Å². The predicted molar refractivity (Wildman–Crippen MR) is 139 cm³/mol. The van der Waals surface area contributed by atoms with E-state index < -0.39 is 5.91 Å². The number of hydrogen-bond donors (Lipinski definition) is 1. The minimum absolute atomic E-state index is 0.00612. The van der Waals surface area contributed by atoms with Gasteiger partial charge in [0.25, 0.3) is 5.91 Å². The van der Waals surface area contributed by atoms with E-state index in [0.29, 0.717) is 10.2 Å². The topological polar surface area (TPSA) is 92.3 Å². The van der Waals surface area contributed by atoms with Crippen molar-refractivity contribution in [3.63, 3.8) is 0 Å². The number of methoxy groups -OCH3 is 1. The Balaban J connectivity index is 1.41. The van der Waals surface area contributed by atoms with Crippen LogP contribution in [0.15, 0.2) is 76.3 Å². The first-order valence-corrected chi connectivity index (χ1v) is 11.8. The molecule has 5 rings (SSSR count). The molecule has 0 atom stereocenters. The van der Waals surface area contributed by atoms with E-state index in [0.717, 1.165) is 34.1 Å². The number of amidine groups is 2. The molecular formula is C26H23N5O3S. The first-order chi connectivity index (χ1) is 16.9. The van der Waals surface area contributed by atoms with E-state index in [2.05, 4.69) is 14.7 Å². The van der Waals surface area contributed by atoms with Gasteiger partial charge in [-0.3, -0.25) is 10.2 Å². The molecule has 35 heavy (non-hydrogen) atoms. The third kappa shape index (κ3) is 4.38. The van der Waals surface area contributed by atoms with Crippen LogP contribution in [-0.4, -0.2) is 45.2 Å². The van der Waals surface area contributed by atoms with E-state index >= 15 is 0 Å². The molecule has 0 radical (unpaired) electrons. The highest BCUT2D eigenvalue weighted by Gasteiger charge is 2.36. The standard InChI is InChI=1S/C26H23N5O3S/c1-16-12-18(17(2)30(16)19-8-7-11-21(14-19)33-3)13-22-24(27)31-26(28-25(22)32)35-23(29-31)15-34-20-9-5-4-6-10-20/h4-14,27H,15H2,1-3H3/b22-13+,27-24?. The summed E-state index contributed by atoms with van der Waals surface area (Å²) >= 11 is 1.24. The van der Waals surface area contributed by atoms with Crippen LogP contribution in [0, 0.1) is 19.3 Å². The van der Waals surface area contributed by atoms with Crippen LogP contribution >= 0.6 is 11.8 Å². The second-order valence-corrected chi connectivity index (χ2v) is 9.02. The summed E-state index contributed by atoms with van der Waals surface area (Å²) in [5.74, 6) is 1.02. The first-order valence-electron chi connectivity index (χ1n) is 10.9. The number of nitrogens with one attached hydrogen (secondary N) is 1. The maximum absolute atomic E-state index is 12.9. The van der Waals surface area contributed by atoms with Crippen molar-refractivity contribution in [2.75, 3.05) is 13.7 Å². The average Bonchev–Trinajstić information content (AvgIpc) is 3.40. The molecule has 0 unspecified atom stereocenters. The van der Waals surface area contributed by atoms with Crippen molar-refractivity contribution in [2.24, 2.45) is 10.1 Å². The number of rotatable bonds is 6. The summed E-state index contributed by atoms with van der Waals surface area (Å²) in [7, 11) is 1.64. The van der Waals surface area contributed by atoms with Crippen LogP contribution < -0.4 is 9.47 Å². The van der Waals surface area contributed by atoms with Crippen LogP contribution in [0.25, 0.3) is 11.8 Å². The van der Waals surface area contributed by atoms with Gasteiger partial charge in [-0.15, -0.1) is 0 Å². The van der Waals surface area contributed by atoms with E-state index in [9.17, 15) is 4.79 Å². The third-order valence-corrected chi connectivity index (χ3v) is 6.57. The summed E-state index contributed by atoms with van der Waals surface area (Å²) in [5.41, 5.74) is 3.92. The summed E-state index contributed by atoms with van der Waals surface area (Å²) in [6.07, 6.45) is 1.71. The number of hydrogen-bond acceptors (Lipinski definition) is 6. The number of carbonyl (C=O) groups is 1.